The zero-order valence-corrected chi connectivity index (χ0v) is 13.5. The Morgan fingerprint density at radius 2 is 1.90 bits per heavy atom. The van der Waals surface area contributed by atoms with Gasteiger partial charge in [-0.25, -0.2) is 0 Å². The van der Waals surface area contributed by atoms with Crippen molar-refractivity contribution in [1.82, 2.24) is 0 Å². The summed E-state index contributed by atoms with van der Waals surface area (Å²) in [4.78, 5) is 0. The molecular weight excluding hydrogens is 282 g/mol. The molecule has 2 aromatic carbocycles. The molecule has 110 valence electrons. The molecule has 0 bridgehead atoms. The van der Waals surface area contributed by atoms with E-state index >= 15 is 0 Å². The second-order valence-corrected chi connectivity index (χ2v) is 6.62. The lowest BCUT2D eigenvalue weighted by molar-refractivity contribution is -0.449. The maximum Gasteiger partial charge on any atom is 0.210 e. The van der Waals surface area contributed by atoms with E-state index < -0.39 is 6.10 Å². The fourth-order valence-corrected chi connectivity index (χ4v) is 3.43. The van der Waals surface area contributed by atoms with Gasteiger partial charge in [0, 0.05) is 18.6 Å². The summed E-state index contributed by atoms with van der Waals surface area (Å²) in [7, 11) is 0. The summed E-state index contributed by atoms with van der Waals surface area (Å²) in [5.41, 5.74) is 3.76. The van der Waals surface area contributed by atoms with Crippen LogP contribution in [0.15, 0.2) is 36.4 Å². The lowest BCUT2D eigenvalue weighted by Gasteiger charge is -2.17. The van der Waals surface area contributed by atoms with E-state index in [4.69, 9.17) is 11.6 Å². The number of benzene rings is 2. The van der Waals surface area contributed by atoms with Gasteiger partial charge in [0.25, 0.3) is 0 Å². The number of hydrogen-bond acceptors (Lipinski definition) is 1. The van der Waals surface area contributed by atoms with Crippen molar-refractivity contribution in [2.75, 3.05) is 12.4 Å². The van der Waals surface area contributed by atoms with Gasteiger partial charge in [0.1, 0.15) is 6.10 Å². The van der Waals surface area contributed by atoms with Gasteiger partial charge in [0.15, 0.2) is 12.3 Å². The van der Waals surface area contributed by atoms with Crippen LogP contribution < -0.4 is 0 Å². The quantitative estimate of drug-likeness (QED) is 0.676. The monoisotopic (exact) mass is 302 g/mol. The third kappa shape index (κ3) is 2.18. The van der Waals surface area contributed by atoms with Gasteiger partial charge < -0.3 is 5.11 Å². The summed E-state index contributed by atoms with van der Waals surface area (Å²) < 4.78 is 2.22. The van der Waals surface area contributed by atoms with Crippen LogP contribution in [0.2, 0.25) is 0 Å². The number of aliphatic hydroxyl groups excluding tert-OH is 1. The van der Waals surface area contributed by atoms with E-state index in [-0.39, 0.29) is 11.3 Å². The highest BCUT2D eigenvalue weighted by atomic mass is 35.5. The van der Waals surface area contributed by atoms with Gasteiger partial charge in [-0.3, -0.25) is 0 Å². The fraction of sp³-hybridized carbons (Fsp3) is 0.389. The molecule has 1 unspecified atom stereocenters. The molecule has 0 saturated heterocycles. The minimum absolute atomic E-state index is 0.0395. The van der Waals surface area contributed by atoms with E-state index in [0.29, 0.717) is 6.54 Å². The normalized spacial score (nSPS) is 18.1. The molecule has 2 aromatic rings. The molecule has 0 spiro atoms. The molecule has 0 saturated carbocycles. The Hall–Kier alpha value is -1.38. The lowest BCUT2D eigenvalue weighted by atomic mass is 9.80. The molecule has 0 aromatic heterocycles. The molecule has 1 N–H and O–H groups in total. The molecule has 1 atom stereocenters. The van der Waals surface area contributed by atoms with E-state index in [9.17, 15) is 5.11 Å². The largest absolute Gasteiger partial charge is 0.385 e. The number of halogens is 1. The number of hydrogen-bond donors (Lipinski definition) is 1. The molecule has 1 aliphatic rings. The summed E-state index contributed by atoms with van der Waals surface area (Å²) in [5, 5.41) is 12.5. The maximum atomic E-state index is 9.96. The van der Waals surface area contributed by atoms with Crippen molar-refractivity contribution in [2.24, 2.45) is 0 Å². The highest BCUT2D eigenvalue weighted by Gasteiger charge is 2.44. The maximum absolute atomic E-state index is 9.96. The summed E-state index contributed by atoms with van der Waals surface area (Å²) in [5.74, 6) is 0.257. The van der Waals surface area contributed by atoms with E-state index in [1.165, 1.54) is 27.7 Å². The Bertz CT molecular complexity index is 733. The second-order valence-electron chi connectivity index (χ2n) is 6.31. The lowest BCUT2D eigenvalue weighted by Crippen LogP contribution is -2.30. The molecule has 0 radical (unpaired) electrons. The van der Waals surface area contributed by atoms with Crippen molar-refractivity contribution in [3.8, 4) is 0 Å². The van der Waals surface area contributed by atoms with Crippen LogP contribution in [-0.2, 0) is 5.41 Å². The van der Waals surface area contributed by atoms with Crippen LogP contribution in [0.1, 0.15) is 26.3 Å². The summed E-state index contributed by atoms with van der Waals surface area (Å²) in [6.45, 7) is 7.20. The molecule has 0 fully saturated rings. The molecule has 3 heteroatoms. The molecule has 3 rings (SSSR count). The summed E-state index contributed by atoms with van der Waals surface area (Å²) in [6.07, 6.45) is -0.519. The number of alkyl halides is 1. The predicted octanol–water partition coefficient (Wildman–Crippen LogP) is 3.84. The minimum atomic E-state index is -0.519. The number of rotatable bonds is 3. The Labute approximate surface area is 130 Å². The fourth-order valence-electron chi connectivity index (χ4n) is 3.34. The van der Waals surface area contributed by atoms with E-state index in [1.54, 1.807) is 0 Å². The Balaban J connectivity index is 2.24. The minimum Gasteiger partial charge on any atom is -0.385 e. The van der Waals surface area contributed by atoms with Gasteiger partial charge in [-0.1, -0.05) is 24.3 Å². The zero-order valence-electron chi connectivity index (χ0n) is 12.7. The van der Waals surface area contributed by atoms with Crippen molar-refractivity contribution in [3.63, 3.8) is 0 Å². The number of β-amino-alcohol motifs (C(OH)–C–C–N with tert-alkyl or cyclic N) is 1. The first-order valence-corrected chi connectivity index (χ1v) is 7.88. The predicted molar refractivity (Wildman–Crippen MR) is 89.2 cm³/mol. The van der Waals surface area contributed by atoms with Crippen LogP contribution in [0, 0.1) is 0 Å². The highest BCUT2D eigenvalue weighted by molar-refractivity contribution is 6.18. The first-order valence-electron chi connectivity index (χ1n) is 7.34. The third-order valence-corrected chi connectivity index (χ3v) is 5.06. The first kappa shape index (κ1) is 14.6. The van der Waals surface area contributed by atoms with Crippen LogP contribution in [0.5, 0.6) is 0 Å². The summed E-state index contributed by atoms with van der Waals surface area (Å²) >= 11 is 5.79. The van der Waals surface area contributed by atoms with Crippen molar-refractivity contribution < 1.29 is 9.68 Å². The second kappa shape index (κ2) is 5.11. The summed E-state index contributed by atoms with van der Waals surface area (Å²) in [6, 6.07) is 12.8. The van der Waals surface area contributed by atoms with E-state index in [2.05, 4.69) is 61.7 Å². The first-order chi connectivity index (χ1) is 9.96. The van der Waals surface area contributed by atoms with Crippen LogP contribution in [0.3, 0.4) is 0 Å². The topological polar surface area (TPSA) is 23.2 Å². The van der Waals surface area contributed by atoms with Gasteiger partial charge in [0.05, 0.1) is 11.3 Å². The van der Waals surface area contributed by atoms with E-state index in [0.717, 1.165) is 0 Å². The molecule has 0 amide bonds. The SMILES string of the molecule is CC1=[N+](CC(O)CCl)c2ccc3ccccc3c2C1(C)C. The Morgan fingerprint density at radius 1 is 1.19 bits per heavy atom. The van der Waals surface area contributed by atoms with Crippen LogP contribution in [-0.4, -0.2) is 33.9 Å². The molecule has 0 aliphatic carbocycles. The average Bonchev–Trinajstić information content (AvgIpc) is 2.68. The standard InChI is InChI=1S/C18H21ClNO/c1-12-18(2,3)17-15-7-5-4-6-13(15)8-9-16(17)20(12)11-14(21)10-19/h4-9,14,21H,10-11H2,1-3H3/q+1. The zero-order chi connectivity index (χ0) is 15.2. The van der Waals surface area contributed by atoms with Gasteiger partial charge in [-0.2, -0.15) is 4.58 Å². The van der Waals surface area contributed by atoms with E-state index in [1.807, 2.05) is 0 Å². The van der Waals surface area contributed by atoms with Crippen molar-refractivity contribution >= 4 is 33.8 Å². The average molecular weight is 303 g/mol. The highest BCUT2D eigenvalue weighted by Crippen LogP contribution is 2.43. The number of nitrogens with zero attached hydrogens (tertiary/aromatic N) is 1. The van der Waals surface area contributed by atoms with Crippen LogP contribution in [0.4, 0.5) is 5.69 Å². The van der Waals surface area contributed by atoms with Crippen LogP contribution >= 0.6 is 11.6 Å². The Morgan fingerprint density at radius 3 is 2.62 bits per heavy atom. The van der Waals surface area contributed by atoms with Gasteiger partial charge >= 0.3 is 0 Å². The molecule has 21 heavy (non-hydrogen) atoms. The molecule has 1 aliphatic heterocycles. The third-order valence-electron chi connectivity index (χ3n) is 4.70. The number of aliphatic hydroxyl groups is 1. The molecule has 1 heterocycles. The van der Waals surface area contributed by atoms with Crippen molar-refractivity contribution in [2.45, 2.75) is 32.3 Å². The van der Waals surface area contributed by atoms with Gasteiger partial charge in [-0.05, 0) is 30.7 Å². The van der Waals surface area contributed by atoms with Gasteiger partial charge in [-0.15, -0.1) is 11.6 Å². The molecule has 2 nitrogen and oxygen atoms in total. The smallest absolute Gasteiger partial charge is 0.210 e. The van der Waals surface area contributed by atoms with Crippen LogP contribution in [0.25, 0.3) is 10.8 Å². The Kier molecular flexibility index (Phi) is 3.54. The van der Waals surface area contributed by atoms with Crippen molar-refractivity contribution in [3.05, 3.63) is 42.0 Å². The number of fused-ring (bicyclic) bond motifs is 3. The van der Waals surface area contributed by atoms with Gasteiger partial charge in [0.2, 0.25) is 5.69 Å². The van der Waals surface area contributed by atoms with Crippen molar-refractivity contribution in [1.29, 1.82) is 0 Å². The molecular formula is C18H21ClNO+.